The van der Waals surface area contributed by atoms with E-state index in [9.17, 15) is 0 Å². The van der Waals surface area contributed by atoms with E-state index in [1.165, 1.54) is 0 Å². The van der Waals surface area contributed by atoms with Crippen LogP contribution < -0.4 is 5.73 Å². The number of ether oxygens (including phenoxy) is 1. The summed E-state index contributed by atoms with van der Waals surface area (Å²) in [6.07, 6.45) is 0.646. The number of nitrogens with zero attached hydrogens (tertiary/aromatic N) is 1. The highest BCUT2D eigenvalue weighted by Gasteiger charge is 2.28. The molecule has 0 aromatic heterocycles. The molecule has 3 N–H and O–H groups in total. The summed E-state index contributed by atoms with van der Waals surface area (Å²) in [4.78, 5) is 2.84. The van der Waals surface area contributed by atoms with Crippen molar-refractivity contribution in [1.29, 1.82) is 0 Å². The maximum absolute atomic E-state index is 9.06. The Hall–Kier alpha value is -0.230. The van der Waals surface area contributed by atoms with E-state index in [-0.39, 0.29) is 12.7 Å². The van der Waals surface area contributed by atoms with Gasteiger partial charge in [0.1, 0.15) is 0 Å². The zero-order valence-corrected chi connectivity index (χ0v) is 10.2. The molecule has 0 aliphatic carbocycles. The number of hydrogen-bond acceptors (Lipinski definition) is 4. The van der Waals surface area contributed by atoms with Gasteiger partial charge < -0.3 is 15.6 Å². The molecule has 1 fully saturated rings. The van der Waals surface area contributed by atoms with Crippen LogP contribution in [0.3, 0.4) is 0 Å². The smallest absolute Gasteiger partial charge is 0.0933 e. The topological polar surface area (TPSA) is 58.7 Å². The quantitative estimate of drug-likeness (QED) is 0.675. The van der Waals surface area contributed by atoms with Crippen LogP contribution in [0.2, 0.25) is 0 Å². The van der Waals surface area contributed by atoms with Crippen molar-refractivity contribution in [2.24, 2.45) is 5.73 Å². The lowest BCUT2D eigenvalue weighted by Crippen LogP contribution is -2.53. The number of nitrogens with two attached hydrogens (primary N) is 1. The molecule has 0 spiro atoms. The van der Waals surface area contributed by atoms with E-state index in [4.69, 9.17) is 27.8 Å². The molecule has 1 saturated heterocycles. The van der Waals surface area contributed by atoms with Crippen LogP contribution in [0.1, 0.15) is 20.3 Å². The summed E-state index contributed by atoms with van der Waals surface area (Å²) in [5.41, 5.74) is 5.54. The van der Waals surface area contributed by atoms with E-state index >= 15 is 0 Å². The third-order valence-corrected chi connectivity index (χ3v) is 2.99. The van der Waals surface area contributed by atoms with Crippen LogP contribution in [-0.4, -0.2) is 52.9 Å². The van der Waals surface area contributed by atoms with Gasteiger partial charge in [-0.05, 0) is 13.8 Å². The lowest BCUT2D eigenvalue weighted by Gasteiger charge is -2.41. The number of morpholine rings is 1. The van der Waals surface area contributed by atoms with Crippen LogP contribution in [0.25, 0.3) is 0 Å². The number of rotatable bonds is 4. The maximum atomic E-state index is 9.06. The minimum atomic E-state index is -0.0741. The van der Waals surface area contributed by atoms with Gasteiger partial charge in [0.25, 0.3) is 0 Å². The van der Waals surface area contributed by atoms with E-state index in [1.807, 2.05) is 0 Å². The summed E-state index contributed by atoms with van der Waals surface area (Å²) in [7, 11) is 0. The molecule has 0 amide bonds. The molecule has 0 radical (unpaired) electrons. The Labute approximate surface area is 96.4 Å². The second-order valence-electron chi connectivity index (χ2n) is 4.20. The Morgan fingerprint density at radius 2 is 2.40 bits per heavy atom. The van der Waals surface area contributed by atoms with Crippen molar-refractivity contribution in [1.82, 2.24) is 4.90 Å². The average molecular weight is 232 g/mol. The van der Waals surface area contributed by atoms with Crippen LogP contribution in [-0.2, 0) is 4.74 Å². The van der Waals surface area contributed by atoms with Gasteiger partial charge in [0.2, 0.25) is 0 Å². The Kier molecular flexibility index (Phi) is 4.92. The lowest BCUT2D eigenvalue weighted by atomic mass is 10.1. The minimum absolute atomic E-state index is 0.0724. The molecule has 0 saturated carbocycles. The predicted molar refractivity (Wildman–Crippen MR) is 63.9 cm³/mol. The van der Waals surface area contributed by atoms with E-state index < -0.39 is 0 Å². The van der Waals surface area contributed by atoms with E-state index in [1.54, 1.807) is 0 Å². The van der Waals surface area contributed by atoms with Crippen molar-refractivity contribution in [3.05, 3.63) is 0 Å². The second-order valence-corrected chi connectivity index (χ2v) is 4.73. The van der Waals surface area contributed by atoms with Crippen LogP contribution in [0.15, 0.2) is 0 Å². The molecule has 0 bridgehead atoms. The van der Waals surface area contributed by atoms with Crippen LogP contribution in [0, 0.1) is 0 Å². The third-order valence-electron chi connectivity index (χ3n) is 2.82. The standard InChI is InChI=1S/C10H20N2O2S/c1-7(3-10(11)15)12-4-9(5-13)14-6-8(12)2/h7-9,13H,3-6H2,1-2H3,(H2,11,15). The highest BCUT2D eigenvalue weighted by molar-refractivity contribution is 7.80. The van der Waals surface area contributed by atoms with E-state index in [0.29, 0.717) is 23.7 Å². The summed E-state index contributed by atoms with van der Waals surface area (Å²) >= 11 is 4.91. The summed E-state index contributed by atoms with van der Waals surface area (Å²) in [6, 6.07) is 0.674. The SMILES string of the molecule is CC1COC(CO)CN1C(C)CC(N)=S. The van der Waals surface area contributed by atoms with Gasteiger partial charge in [-0.2, -0.15) is 0 Å². The van der Waals surface area contributed by atoms with Crippen molar-refractivity contribution >= 4 is 17.2 Å². The maximum Gasteiger partial charge on any atom is 0.0933 e. The largest absolute Gasteiger partial charge is 0.394 e. The van der Waals surface area contributed by atoms with Crippen molar-refractivity contribution in [3.8, 4) is 0 Å². The summed E-state index contributed by atoms with van der Waals surface area (Å²) in [6.45, 7) is 5.70. The molecular formula is C10H20N2O2S. The molecule has 88 valence electrons. The molecule has 1 heterocycles. The molecule has 0 aromatic rings. The first-order valence-electron chi connectivity index (χ1n) is 5.31. The Bertz CT molecular complexity index is 225. The van der Waals surface area contributed by atoms with E-state index in [2.05, 4.69) is 18.7 Å². The fourth-order valence-corrected chi connectivity index (χ4v) is 2.21. The molecule has 3 atom stereocenters. The van der Waals surface area contributed by atoms with Crippen molar-refractivity contribution in [2.45, 2.75) is 38.5 Å². The van der Waals surface area contributed by atoms with Gasteiger partial charge in [-0.1, -0.05) is 12.2 Å². The minimum Gasteiger partial charge on any atom is -0.394 e. The number of aliphatic hydroxyl groups is 1. The molecule has 1 aliphatic rings. The molecule has 0 aromatic carbocycles. The highest BCUT2D eigenvalue weighted by atomic mass is 32.1. The van der Waals surface area contributed by atoms with Crippen molar-refractivity contribution in [3.63, 3.8) is 0 Å². The fraction of sp³-hybridized carbons (Fsp3) is 0.900. The highest BCUT2D eigenvalue weighted by Crippen LogP contribution is 2.16. The Morgan fingerprint density at radius 3 is 2.93 bits per heavy atom. The number of hydrogen-bond donors (Lipinski definition) is 2. The van der Waals surface area contributed by atoms with Crippen LogP contribution >= 0.6 is 12.2 Å². The lowest BCUT2D eigenvalue weighted by molar-refractivity contribution is -0.0881. The van der Waals surface area contributed by atoms with Gasteiger partial charge in [0.15, 0.2) is 0 Å². The van der Waals surface area contributed by atoms with Gasteiger partial charge in [0, 0.05) is 25.0 Å². The normalized spacial score (nSPS) is 30.1. The first-order valence-corrected chi connectivity index (χ1v) is 5.72. The fourth-order valence-electron chi connectivity index (χ4n) is 1.97. The Balaban J connectivity index is 2.52. The Morgan fingerprint density at radius 1 is 1.73 bits per heavy atom. The van der Waals surface area contributed by atoms with Crippen LogP contribution in [0.5, 0.6) is 0 Å². The molecule has 15 heavy (non-hydrogen) atoms. The summed E-state index contributed by atoms with van der Waals surface area (Å²) in [5, 5.41) is 9.06. The van der Waals surface area contributed by atoms with Crippen molar-refractivity contribution in [2.75, 3.05) is 19.8 Å². The average Bonchev–Trinajstić information content (AvgIpc) is 2.17. The number of thiocarbonyl (C=S) groups is 1. The molecule has 4 nitrogen and oxygen atoms in total. The zero-order chi connectivity index (χ0) is 11.4. The molecule has 5 heteroatoms. The number of aliphatic hydroxyl groups excluding tert-OH is 1. The summed E-state index contributed by atoms with van der Waals surface area (Å²) in [5.74, 6) is 0. The van der Waals surface area contributed by atoms with Gasteiger partial charge in [0.05, 0.1) is 24.3 Å². The second kappa shape index (κ2) is 5.75. The first-order chi connectivity index (χ1) is 7.04. The monoisotopic (exact) mass is 232 g/mol. The van der Waals surface area contributed by atoms with Gasteiger partial charge in [-0.25, -0.2) is 0 Å². The molecule has 3 unspecified atom stereocenters. The molecule has 1 rings (SSSR count). The molecular weight excluding hydrogens is 212 g/mol. The van der Waals surface area contributed by atoms with Gasteiger partial charge in [-0.3, -0.25) is 4.90 Å². The third kappa shape index (κ3) is 3.68. The summed E-state index contributed by atoms with van der Waals surface area (Å²) < 4.78 is 5.47. The zero-order valence-electron chi connectivity index (χ0n) is 9.35. The predicted octanol–water partition coefficient (Wildman–Crippen LogP) is 0.133. The van der Waals surface area contributed by atoms with Crippen molar-refractivity contribution < 1.29 is 9.84 Å². The van der Waals surface area contributed by atoms with Gasteiger partial charge >= 0.3 is 0 Å². The van der Waals surface area contributed by atoms with Gasteiger partial charge in [-0.15, -0.1) is 0 Å². The van der Waals surface area contributed by atoms with E-state index in [0.717, 1.165) is 13.0 Å². The van der Waals surface area contributed by atoms with Crippen LogP contribution in [0.4, 0.5) is 0 Å². The first kappa shape index (κ1) is 12.8. The molecule has 1 aliphatic heterocycles.